The molecule has 1 saturated heterocycles. The van der Waals surface area contributed by atoms with Gasteiger partial charge >= 0.3 is 0 Å². The van der Waals surface area contributed by atoms with Crippen LogP contribution in [0.2, 0.25) is 0 Å². The minimum atomic E-state index is 1.28. The van der Waals surface area contributed by atoms with Crippen molar-refractivity contribution in [2.45, 2.75) is 26.7 Å². The van der Waals surface area contributed by atoms with Gasteiger partial charge in [0.25, 0.3) is 0 Å². The fraction of sp³-hybridized carbons (Fsp3) is 0.385. The van der Waals surface area contributed by atoms with E-state index in [0.29, 0.717) is 0 Å². The second-order valence-electron chi connectivity index (χ2n) is 3.91. The van der Waals surface area contributed by atoms with E-state index in [9.17, 15) is 0 Å². The molecular weight excluding hydrogens is 188 g/mol. The highest BCUT2D eigenvalue weighted by atomic mass is 32.2. The molecular formula is C13H16S. The molecule has 0 aliphatic carbocycles. The number of rotatable bonds is 1. The van der Waals surface area contributed by atoms with Gasteiger partial charge in [-0.05, 0) is 60.1 Å². The van der Waals surface area contributed by atoms with Crippen LogP contribution in [0.25, 0.3) is 6.08 Å². The summed E-state index contributed by atoms with van der Waals surface area (Å²) < 4.78 is 0. The van der Waals surface area contributed by atoms with Crippen molar-refractivity contribution in [3.63, 3.8) is 0 Å². The third-order valence-corrected chi connectivity index (χ3v) is 3.90. The van der Waals surface area contributed by atoms with E-state index < -0.39 is 0 Å². The van der Waals surface area contributed by atoms with Gasteiger partial charge in [0.2, 0.25) is 0 Å². The van der Waals surface area contributed by atoms with E-state index in [4.69, 9.17) is 0 Å². The summed E-state index contributed by atoms with van der Waals surface area (Å²) >= 11 is 2.01. The van der Waals surface area contributed by atoms with Gasteiger partial charge in [-0.15, -0.1) is 11.8 Å². The zero-order chi connectivity index (χ0) is 9.97. The second kappa shape index (κ2) is 4.22. The number of hydrogen-bond donors (Lipinski definition) is 0. The van der Waals surface area contributed by atoms with E-state index in [1.165, 1.54) is 35.3 Å². The Morgan fingerprint density at radius 3 is 2.71 bits per heavy atom. The SMILES string of the molecule is Cc1ccc(/C=C2/CCCS2)cc1C. The predicted molar refractivity (Wildman–Crippen MR) is 65.6 cm³/mol. The lowest BCUT2D eigenvalue weighted by Gasteiger charge is -2.02. The van der Waals surface area contributed by atoms with Gasteiger partial charge in [0, 0.05) is 0 Å². The summed E-state index contributed by atoms with van der Waals surface area (Å²) in [4.78, 5) is 1.55. The Labute approximate surface area is 90.4 Å². The molecule has 0 bridgehead atoms. The maximum absolute atomic E-state index is 2.34. The van der Waals surface area contributed by atoms with Gasteiger partial charge < -0.3 is 0 Å². The quantitative estimate of drug-likeness (QED) is 0.661. The maximum atomic E-state index is 2.34. The zero-order valence-electron chi connectivity index (χ0n) is 8.84. The van der Waals surface area contributed by atoms with Crippen LogP contribution in [0.15, 0.2) is 23.1 Å². The lowest BCUT2D eigenvalue weighted by atomic mass is 10.1. The molecule has 1 heterocycles. The molecule has 1 heteroatoms. The zero-order valence-corrected chi connectivity index (χ0v) is 9.66. The van der Waals surface area contributed by atoms with Crippen LogP contribution in [0.3, 0.4) is 0 Å². The summed E-state index contributed by atoms with van der Waals surface area (Å²) in [5.41, 5.74) is 4.13. The summed E-state index contributed by atoms with van der Waals surface area (Å²) in [6.45, 7) is 4.34. The van der Waals surface area contributed by atoms with Crippen molar-refractivity contribution in [3.05, 3.63) is 39.8 Å². The van der Waals surface area contributed by atoms with E-state index >= 15 is 0 Å². The number of aryl methyl sites for hydroxylation is 2. The van der Waals surface area contributed by atoms with Crippen LogP contribution in [0.5, 0.6) is 0 Å². The third kappa shape index (κ3) is 2.21. The van der Waals surface area contributed by atoms with Crippen molar-refractivity contribution in [1.29, 1.82) is 0 Å². The molecule has 0 nitrogen and oxygen atoms in total. The van der Waals surface area contributed by atoms with E-state index in [0.717, 1.165) is 0 Å². The summed E-state index contributed by atoms with van der Waals surface area (Å²) in [6.07, 6.45) is 4.96. The Balaban J connectivity index is 2.24. The second-order valence-corrected chi connectivity index (χ2v) is 5.13. The molecule has 0 saturated carbocycles. The monoisotopic (exact) mass is 204 g/mol. The highest BCUT2D eigenvalue weighted by molar-refractivity contribution is 8.03. The fourth-order valence-corrected chi connectivity index (χ4v) is 2.73. The highest BCUT2D eigenvalue weighted by Crippen LogP contribution is 2.32. The first-order valence-electron chi connectivity index (χ1n) is 5.16. The molecule has 14 heavy (non-hydrogen) atoms. The molecule has 2 rings (SSSR count). The smallest absolute Gasteiger partial charge is 0.00199 e. The van der Waals surface area contributed by atoms with Crippen LogP contribution in [-0.2, 0) is 0 Å². The molecule has 0 spiro atoms. The number of thioether (sulfide) groups is 1. The Bertz CT molecular complexity index is 355. The van der Waals surface area contributed by atoms with Crippen molar-refractivity contribution >= 4 is 17.8 Å². The fourth-order valence-electron chi connectivity index (χ4n) is 1.68. The topological polar surface area (TPSA) is 0 Å². The molecule has 0 aromatic heterocycles. The predicted octanol–water partition coefficient (Wildman–Crippen LogP) is 4.17. The number of benzene rings is 1. The number of hydrogen-bond acceptors (Lipinski definition) is 1. The van der Waals surface area contributed by atoms with E-state index in [1.54, 1.807) is 4.91 Å². The normalized spacial score (nSPS) is 19.1. The van der Waals surface area contributed by atoms with Crippen LogP contribution in [0.4, 0.5) is 0 Å². The van der Waals surface area contributed by atoms with Gasteiger partial charge in [-0.3, -0.25) is 0 Å². The van der Waals surface area contributed by atoms with Crippen molar-refractivity contribution in [2.75, 3.05) is 5.75 Å². The molecule has 1 aromatic rings. The van der Waals surface area contributed by atoms with Gasteiger partial charge in [-0.25, -0.2) is 0 Å². The molecule has 0 N–H and O–H groups in total. The third-order valence-electron chi connectivity index (χ3n) is 2.71. The first-order chi connectivity index (χ1) is 6.75. The molecule has 1 aliphatic heterocycles. The van der Waals surface area contributed by atoms with Crippen molar-refractivity contribution in [2.24, 2.45) is 0 Å². The van der Waals surface area contributed by atoms with Gasteiger partial charge in [0.15, 0.2) is 0 Å². The van der Waals surface area contributed by atoms with Crippen molar-refractivity contribution in [1.82, 2.24) is 0 Å². The molecule has 74 valence electrons. The standard InChI is InChI=1S/C13H16S/c1-10-5-6-12(8-11(10)2)9-13-4-3-7-14-13/h5-6,8-9H,3-4,7H2,1-2H3/b13-9-. The molecule has 1 aliphatic rings. The Kier molecular flexibility index (Phi) is 2.97. The summed E-state index contributed by atoms with van der Waals surface area (Å²) in [5, 5.41) is 0. The average Bonchev–Trinajstić information content (AvgIpc) is 2.64. The lowest BCUT2D eigenvalue weighted by Crippen LogP contribution is -1.81. The van der Waals surface area contributed by atoms with Crippen molar-refractivity contribution in [3.8, 4) is 0 Å². The molecule has 0 atom stereocenters. The summed E-state index contributed by atoms with van der Waals surface area (Å²) in [7, 11) is 0. The largest absolute Gasteiger partial charge is 0.131 e. The molecule has 1 fully saturated rings. The molecule has 0 radical (unpaired) electrons. The van der Waals surface area contributed by atoms with Crippen LogP contribution in [-0.4, -0.2) is 5.75 Å². The van der Waals surface area contributed by atoms with Crippen LogP contribution >= 0.6 is 11.8 Å². The van der Waals surface area contributed by atoms with Gasteiger partial charge in [0.1, 0.15) is 0 Å². The highest BCUT2D eigenvalue weighted by Gasteiger charge is 2.06. The van der Waals surface area contributed by atoms with Crippen molar-refractivity contribution < 1.29 is 0 Å². The number of allylic oxidation sites excluding steroid dienone is 1. The Morgan fingerprint density at radius 2 is 2.07 bits per heavy atom. The average molecular weight is 204 g/mol. The van der Waals surface area contributed by atoms with Crippen LogP contribution < -0.4 is 0 Å². The maximum Gasteiger partial charge on any atom is -0.00199 e. The van der Waals surface area contributed by atoms with E-state index in [2.05, 4.69) is 38.1 Å². The Hall–Kier alpha value is -0.690. The lowest BCUT2D eigenvalue weighted by molar-refractivity contribution is 0.999. The first-order valence-corrected chi connectivity index (χ1v) is 6.15. The van der Waals surface area contributed by atoms with E-state index in [-0.39, 0.29) is 0 Å². The molecule has 0 unspecified atom stereocenters. The first kappa shape index (κ1) is 9.85. The Morgan fingerprint density at radius 1 is 1.21 bits per heavy atom. The van der Waals surface area contributed by atoms with E-state index in [1.807, 2.05) is 11.8 Å². The van der Waals surface area contributed by atoms with Gasteiger partial charge in [-0.1, -0.05) is 18.2 Å². The summed E-state index contributed by atoms with van der Waals surface area (Å²) in [6, 6.07) is 6.71. The van der Waals surface area contributed by atoms with Gasteiger partial charge in [-0.2, -0.15) is 0 Å². The minimum Gasteiger partial charge on any atom is -0.131 e. The van der Waals surface area contributed by atoms with Crippen LogP contribution in [0.1, 0.15) is 29.5 Å². The molecule has 1 aromatic carbocycles. The van der Waals surface area contributed by atoms with Crippen LogP contribution in [0, 0.1) is 13.8 Å². The summed E-state index contributed by atoms with van der Waals surface area (Å²) in [5.74, 6) is 1.30. The van der Waals surface area contributed by atoms with Gasteiger partial charge in [0.05, 0.1) is 0 Å². The molecule has 0 amide bonds. The minimum absolute atomic E-state index is 1.28.